The van der Waals surface area contributed by atoms with Crippen LogP contribution in [0.15, 0.2) is 15.6 Å². The summed E-state index contributed by atoms with van der Waals surface area (Å²) in [5, 5.41) is 23.2. The molecule has 2 unspecified atom stereocenters. The molecule has 2 saturated heterocycles. The quantitative estimate of drug-likeness (QED) is 0.373. The Balaban J connectivity index is 1.81. The van der Waals surface area contributed by atoms with E-state index in [1.807, 2.05) is 12.3 Å². The van der Waals surface area contributed by atoms with E-state index in [2.05, 4.69) is 54.9 Å². The molecule has 1 aromatic carbocycles. The van der Waals surface area contributed by atoms with Crippen LogP contribution in [0.3, 0.4) is 0 Å². The number of thioether (sulfide) groups is 1. The van der Waals surface area contributed by atoms with Gasteiger partial charge in [0, 0.05) is 24.3 Å². The Kier molecular flexibility index (Phi) is 5.83. The fraction of sp³-hybridized carbons (Fsp3) is 0.421. The average Bonchev–Trinajstić information content (AvgIpc) is 3.29. The Morgan fingerprint density at radius 3 is 3.00 bits per heavy atom. The highest BCUT2D eigenvalue weighted by atomic mass is 127. The van der Waals surface area contributed by atoms with Crippen LogP contribution in [-0.4, -0.2) is 46.0 Å². The summed E-state index contributed by atoms with van der Waals surface area (Å²) in [6.07, 6.45) is 2.58. The lowest BCUT2D eigenvalue weighted by Crippen LogP contribution is -2.49. The minimum Gasteiger partial charge on any atom is -0.465 e. The molecule has 0 radical (unpaired) electrons. The molecule has 1 aromatic heterocycles. The zero-order valence-corrected chi connectivity index (χ0v) is 19.9. The van der Waals surface area contributed by atoms with Crippen LogP contribution in [0.25, 0.3) is 10.9 Å². The molecule has 2 bridgehead atoms. The van der Waals surface area contributed by atoms with Crippen LogP contribution in [-0.2, 0) is 6.42 Å². The number of hydrogen-bond donors (Lipinski definition) is 2. The minimum absolute atomic E-state index is 0.00851. The number of hydrogen-bond acceptors (Lipinski definition) is 5. The number of aromatic nitrogens is 1. The van der Waals surface area contributed by atoms with Crippen LogP contribution in [0.2, 0.25) is 0 Å². The topological polar surface area (TPSA) is 89.3 Å². The van der Waals surface area contributed by atoms with E-state index >= 15 is 4.39 Å². The van der Waals surface area contributed by atoms with Crippen molar-refractivity contribution < 1.29 is 14.3 Å². The molecular weight excluding hydrogens is 574 g/mol. The van der Waals surface area contributed by atoms with Crippen molar-refractivity contribution >= 4 is 73.0 Å². The molecule has 1 amide bonds. The number of pyridine rings is 1. The van der Waals surface area contributed by atoms with E-state index in [1.54, 1.807) is 0 Å². The van der Waals surface area contributed by atoms with Crippen molar-refractivity contribution in [3.63, 3.8) is 0 Å². The van der Waals surface area contributed by atoms with Gasteiger partial charge in [0.05, 0.1) is 31.9 Å². The number of rotatable bonds is 5. The van der Waals surface area contributed by atoms with Crippen LogP contribution in [0, 0.1) is 26.6 Å². The molecule has 2 aromatic rings. The summed E-state index contributed by atoms with van der Waals surface area (Å²) in [7, 11) is 0. The summed E-state index contributed by atoms with van der Waals surface area (Å²) in [4.78, 5) is 17.5. The lowest BCUT2D eigenvalue weighted by molar-refractivity contribution is 0.140. The number of carbonyl (C=O) groups is 1. The molecular formula is C19H17BrFIN4O2S. The van der Waals surface area contributed by atoms with E-state index < -0.39 is 11.9 Å². The predicted octanol–water partition coefficient (Wildman–Crippen LogP) is 5.08. The minimum atomic E-state index is -0.894. The van der Waals surface area contributed by atoms with Gasteiger partial charge in [0.15, 0.2) is 5.82 Å². The van der Waals surface area contributed by atoms with E-state index in [-0.39, 0.29) is 23.5 Å². The van der Waals surface area contributed by atoms with E-state index in [9.17, 15) is 9.90 Å². The average molecular weight is 591 g/mol. The highest BCUT2D eigenvalue weighted by molar-refractivity contribution is 14.1. The Morgan fingerprint density at radius 2 is 2.38 bits per heavy atom. The first-order valence-electron chi connectivity index (χ1n) is 9.04. The summed E-state index contributed by atoms with van der Waals surface area (Å²) in [5.74, 6) is -0.180. The number of halogens is 3. The third-order valence-corrected chi connectivity index (χ3v) is 8.66. The summed E-state index contributed by atoms with van der Waals surface area (Å²) in [6.45, 7) is 0.528. The summed E-state index contributed by atoms with van der Waals surface area (Å²) in [6, 6.07) is 3.93. The molecule has 29 heavy (non-hydrogen) atoms. The molecule has 152 valence electrons. The number of anilines is 1. The Morgan fingerprint density at radius 1 is 1.62 bits per heavy atom. The molecule has 1 saturated carbocycles. The Labute approximate surface area is 193 Å². The molecule has 0 spiro atoms. The number of carboxylic acid groups (broad SMARTS) is 1. The van der Waals surface area contributed by atoms with E-state index in [0.29, 0.717) is 29.2 Å². The van der Waals surface area contributed by atoms with Gasteiger partial charge in [-0.1, -0.05) is 0 Å². The first-order chi connectivity index (χ1) is 13.9. The van der Waals surface area contributed by atoms with Crippen molar-refractivity contribution in [2.24, 2.45) is 5.92 Å². The lowest BCUT2D eigenvalue weighted by atomic mass is 9.80. The van der Waals surface area contributed by atoms with Gasteiger partial charge in [0.1, 0.15) is 10.5 Å². The molecule has 3 aliphatic rings. The normalized spacial score (nSPS) is 22.4. The van der Waals surface area contributed by atoms with Gasteiger partial charge in [-0.3, -0.25) is 0 Å². The van der Waals surface area contributed by atoms with Gasteiger partial charge in [-0.05, 0) is 69.2 Å². The van der Waals surface area contributed by atoms with Gasteiger partial charge in [-0.25, -0.2) is 14.2 Å². The molecule has 6 nitrogen and oxygen atoms in total. The number of aryl methyl sites for hydroxylation is 1. The number of amides is 1. The molecule has 2 aliphatic heterocycles. The van der Waals surface area contributed by atoms with Gasteiger partial charge >= 0.3 is 6.09 Å². The van der Waals surface area contributed by atoms with E-state index in [4.69, 9.17) is 5.26 Å². The molecule has 1 aliphatic carbocycles. The number of benzene rings is 1. The van der Waals surface area contributed by atoms with Crippen molar-refractivity contribution in [2.45, 2.75) is 36.4 Å². The van der Waals surface area contributed by atoms with Crippen molar-refractivity contribution in [2.75, 3.05) is 18.1 Å². The molecule has 3 heterocycles. The predicted molar refractivity (Wildman–Crippen MR) is 122 cm³/mol. The summed E-state index contributed by atoms with van der Waals surface area (Å²) >= 11 is 6.98. The number of fused-ring (bicyclic) bond motifs is 2. The monoisotopic (exact) mass is 590 g/mol. The summed E-state index contributed by atoms with van der Waals surface area (Å²) in [5.41, 5.74) is 1.78. The molecule has 3 atom stereocenters. The van der Waals surface area contributed by atoms with Crippen molar-refractivity contribution in [3.05, 3.63) is 25.5 Å². The van der Waals surface area contributed by atoms with Gasteiger partial charge in [-0.15, -0.1) is 11.8 Å². The third kappa shape index (κ3) is 3.45. The number of nitrogens with one attached hydrogen (secondary N) is 1. The fourth-order valence-corrected chi connectivity index (χ4v) is 6.41. The number of nitriles is 1. The van der Waals surface area contributed by atoms with E-state index in [0.717, 1.165) is 26.3 Å². The smallest absolute Gasteiger partial charge is 0.407 e. The molecule has 5 rings (SSSR count). The van der Waals surface area contributed by atoms with Crippen LogP contribution >= 0.6 is 50.3 Å². The second-order valence-electron chi connectivity index (χ2n) is 7.20. The highest BCUT2D eigenvalue weighted by Gasteiger charge is 2.54. The molecule has 3 fully saturated rings. The van der Waals surface area contributed by atoms with E-state index in [1.165, 1.54) is 16.7 Å². The third-order valence-electron chi connectivity index (χ3n) is 5.70. The first-order valence-corrected chi connectivity index (χ1v) is 12.1. The van der Waals surface area contributed by atoms with Crippen LogP contribution < -0.4 is 5.32 Å². The standard InChI is InChI=1S/C19H17BrFIN4O2S/c1-29-18-14(22)17(24-15-9-6-11(15)26(7-9)19(27)28)10-5-8(3-2-4-23)12(20)13(21)16(10)25-18/h5,9,11,15H,2-3,6-7H2,1H3,(H,24,25)(H,27,28)/t9?,11?,15-/m0/s1. The Hall–Kier alpha value is -1.32. The summed E-state index contributed by atoms with van der Waals surface area (Å²) < 4.78 is 16.4. The van der Waals surface area contributed by atoms with Crippen LogP contribution in [0.4, 0.5) is 14.9 Å². The van der Waals surface area contributed by atoms with Crippen LogP contribution in [0.5, 0.6) is 0 Å². The van der Waals surface area contributed by atoms with Gasteiger partial charge in [-0.2, -0.15) is 5.26 Å². The van der Waals surface area contributed by atoms with Crippen molar-refractivity contribution in [1.82, 2.24) is 9.88 Å². The van der Waals surface area contributed by atoms with Gasteiger partial charge in [0.25, 0.3) is 0 Å². The van der Waals surface area contributed by atoms with Crippen molar-refractivity contribution in [1.29, 1.82) is 5.26 Å². The zero-order valence-electron chi connectivity index (χ0n) is 15.4. The van der Waals surface area contributed by atoms with Crippen molar-refractivity contribution in [3.8, 4) is 6.07 Å². The fourth-order valence-electron chi connectivity index (χ4n) is 4.21. The molecule has 2 N–H and O–H groups in total. The largest absolute Gasteiger partial charge is 0.465 e. The second kappa shape index (κ2) is 8.07. The maximum absolute atomic E-state index is 15.2. The van der Waals surface area contributed by atoms with Gasteiger partial charge in [0.2, 0.25) is 0 Å². The SMILES string of the molecule is CSc1nc2c(F)c(Br)c(CCC#N)cc2c(N[C@H]2C3CC2N(C(=O)O)C3)c1I. The van der Waals surface area contributed by atoms with Crippen LogP contribution in [0.1, 0.15) is 18.4 Å². The first kappa shape index (κ1) is 20.9. The Bertz CT molecular complexity index is 1060. The van der Waals surface area contributed by atoms with Gasteiger partial charge < -0.3 is 15.3 Å². The zero-order chi connectivity index (χ0) is 20.9. The molecule has 10 heteroatoms. The second-order valence-corrected chi connectivity index (χ2v) is 9.86. The number of nitrogens with zero attached hydrogens (tertiary/aromatic N) is 3. The maximum Gasteiger partial charge on any atom is 0.407 e. The maximum atomic E-state index is 15.2. The lowest BCUT2D eigenvalue weighted by Gasteiger charge is -2.37. The highest BCUT2D eigenvalue weighted by Crippen LogP contribution is 2.45.